The number of hydrogen-bond acceptors (Lipinski definition) is 4. The van der Waals surface area contributed by atoms with Gasteiger partial charge in [0, 0.05) is 5.69 Å². The molecule has 0 radical (unpaired) electrons. The van der Waals surface area contributed by atoms with E-state index in [1.54, 1.807) is 35.3 Å². The van der Waals surface area contributed by atoms with Crippen molar-refractivity contribution < 1.29 is 12.8 Å². The standard InChI is InChI=1S/C15H13FN4O2S/c16-13-3-7-15(8-4-13)23(21,22)19-14-5-1-12(2-6-14)9-20-11-17-10-18-20/h1-8,10-11,19H,9H2. The van der Waals surface area contributed by atoms with Crippen molar-refractivity contribution in [2.45, 2.75) is 11.4 Å². The summed E-state index contributed by atoms with van der Waals surface area (Å²) in [5, 5.41) is 4.00. The minimum atomic E-state index is -3.74. The van der Waals surface area contributed by atoms with Crippen molar-refractivity contribution in [1.29, 1.82) is 0 Å². The molecule has 23 heavy (non-hydrogen) atoms. The number of nitrogens with zero attached hydrogens (tertiary/aromatic N) is 3. The lowest BCUT2D eigenvalue weighted by Gasteiger charge is -2.09. The molecule has 1 aromatic heterocycles. The van der Waals surface area contributed by atoms with Gasteiger partial charge in [-0.25, -0.2) is 22.5 Å². The van der Waals surface area contributed by atoms with Crippen LogP contribution in [0.2, 0.25) is 0 Å². The summed E-state index contributed by atoms with van der Waals surface area (Å²) in [7, 11) is -3.74. The third kappa shape index (κ3) is 3.72. The predicted molar refractivity (Wildman–Crippen MR) is 82.8 cm³/mol. The second-order valence-corrected chi connectivity index (χ2v) is 6.53. The number of sulfonamides is 1. The second-order valence-electron chi connectivity index (χ2n) is 4.85. The molecule has 0 amide bonds. The number of hydrogen-bond donors (Lipinski definition) is 1. The first kappa shape index (κ1) is 15.2. The number of rotatable bonds is 5. The van der Waals surface area contributed by atoms with E-state index in [0.717, 1.165) is 17.7 Å². The van der Waals surface area contributed by atoms with Crippen LogP contribution in [0.5, 0.6) is 0 Å². The molecule has 0 aliphatic carbocycles. The van der Waals surface area contributed by atoms with Gasteiger partial charge in [-0.15, -0.1) is 0 Å². The number of anilines is 1. The van der Waals surface area contributed by atoms with E-state index in [1.807, 2.05) is 0 Å². The van der Waals surface area contributed by atoms with Gasteiger partial charge in [0.2, 0.25) is 0 Å². The van der Waals surface area contributed by atoms with Crippen LogP contribution < -0.4 is 4.72 Å². The van der Waals surface area contributed by atoms with E-state index >= 15 is 0 Å². The molecule has 1 N–H and O–H groups in total. The van der Waals surface area contributed by atoms with Crippen molar-refractivity contribution in [3.63, 3.8) is 0 Å². The van der Waals surface area contributed by atoms with Crippen LogP contribution >= 0.6 is 0 Å². The van der Waals surface area contributed by atoms with Crippen molar-refractivity contribution in [2.24, 2.45) is 0 Å². The third-order valence-corrected chi connectivity index (χ3v) is 4.54. The fraction of sp³-hybridized carbons (Fsp3) is 0.0667. The number of halogens is 1. The van der Waals surface area contributed by atoms with Crippen LogP contribution in [-0.4, -0.2) is 23.2 Å². The summed E-state index contributed by atoms with van der Waals surface area (Å²) in [5.41, 5.74) is 1.39. The topological polar surface area (TPSA) is 76.9 Å². The fourth-order valence-electron chi connectivity index (χ4n) is 2.01. The maximum atomic E-state index is 12.9. The van der Waals surface area contributed by atoms with E-state index in [-0.39, 0.29) is 4.90 Å². The molecule has 0 bridgehead atoms. The van der Waals surface area contributed by atoms with Gasteiger partial charge in [0.05, 0.1) is 11.4 Å². The minimum Gasteiger partial charge on any atom is -0.280 e. The van der Waals surface area contributed by atoms with Crippen LogP contribution in [0.1, 0.15) is 5.56 Å². The second kappa shape index (κ2) is 6.17. The largest absolute Gasteiger partial charge is 0.280 e. The highest BCUT2D eigenvalue weighted by Gasteiger charge is 2.14. The Morgan fingerprint density at radius 2 is 1.74 bits per heavy atom. The summed E-state index contributed by atoms with van der Waals surface area (Å²) in [5.74, 6) is -0.485. The summed E-state index contributed by atoms with van der Waals surface area (Å²) in [4.78, 5) is 3.86. The molecule has 0 saturated heterocycles. The van der Waals surface area contributed by atoms with E-state index in [0.29, 0.717) is 12.2 Å². The SMILES string of the molecule is O=S(=O)(Nc1ccc(Cn2cncn2)cc1)c1ccc(F)cc1. The molecule has 0 aliphatic heterocycles. The molecule has 3 rings (SSSR count). The van der Waals surface area contributed by atoms with Crippen LogP contribution in [0.4, 0.5) is 10.1 Å². The molecule has 8 heteroatoms. The van der Waals surface area contributed by atoms with Crippen molar-refractivity contribution in [1.82, 2.24) is 14.8 Å². The van der Waals surface area contributed by atoms with Crippen LogP contribution in [0.15, 0.2) is 66.1 Å². The molecule has 0 saturated carbocycles. The first-order chi connectivity index (χ1) is 11.0. The zero-order valence-electron chi connectivity index (χ0n) is 11.9. The Kier molecular flexibility index (Phi) is 4.07. The van der Waals surface area contributed by atoms with Crippen LogP contribution in [0, 0.1) is 5.82 Å². The van der Waals surface area contributed by atoms with Crippen molar-refractivity contribution in [2.75, 3.05) is 4.72 Å². The van der Waals surface area contributed by atoms with E-state index in [2.05, 4.69) is 14.8 Å². The van der Waals surface area contributed by atoms with Crippen molar-refractivity contribution in [3.05, 3.63) is 72.6 Å². The molecule has 0 spiro atoms. The van der Waals surface area contributed by atoms with Crippen molar-refractivity contribution >= 4 is 15.7 Å². The Bertz CT molecular complexity index is 876. The van der Waals surface area contributed by atoms with Gasteiger partial charge >= 0.3 is 0 Å². The Morgan fingerprint density at radius 3 is 2.35 bits per heavy atom. The number of benzene rings is 2. The zero-order chi connectivity index (χ0) is 16.3. The van der Waals surface area contributed by atoms with Crippen LogP contribution in [-0.2, 0) is 16.6 Å². The molecule has 2 aromatic carbocycles. The van der Waals surface area contributed by atoms with Gasteiger partial charge < -0.3 is 0 Å². The van der Waals surface area contributed by atoms with Gasteiger partial charge in [0.15, 0.2) is 0 Å². The first-order valence-corrected chi connectivity index (χ1v) is 8.21. The highest BCUT2D eigenvalue weighted by Crippen LogP contribution is 2.17. The molecule has 118 valence electrons. The molecular formula is C15H13FN4O2S. The van der Waals surface area contributed by atoms with Gasteiger partial charge in [0.25, 0.3) is 10.0 Å². The average molecular weight is 332 g/mol. The van der Waals surface area contributed by atoms with Gasteiger partial charge in [-0.3, -0.25) is 4.72 Å². The predicted octanol–water partition coefficient (Wildman–Crippen LogP) is 2.27. The lowest BCUT2D eigenvalue weighted by molar-refractivity contribution is 0.599. The number of nitrogens with one attached hydrogen (secondary N) is 1. The summed E-state index contributed by atoms with van der Waals surface area (Å²) >= 11 is 0. The summed E-state index contributed by atoms with van der Waals surface area (Å²) in [6.45, 7) is 0.547. The lowest BCUT2D eigenvalue weighted by Crippen LogP contribution is -2.13. The van der Waals surface area contributed by atoms with Crippen LogP contribution in [0.25, 0.3) is 0 Å². The van der Waals surface area contributed by atoms with Crippen molar-refractivity contribution in [3.8, 4) is 0 Å². The molecule has 1 heterocycles. The smallest absolute Gasteiger partial charge is 0.261 e. The Hall–Kier alpha value is -2.74. The molecule has 6 nitrogen and oxygen atoms in total. The highest BCUT2D eigenvalue weighted by atomic mass is 32.2. The summed E-state index contributed by atoms with van der Waals surface area (Å²) < 4.78 is 41.4. The summed E-state index contributed by atoms with van der Waals surface area (Å²) in [6, 6.07) is 11.6. The third-order valence-electron chi connectivity index (χ3n) is 3.14. The molecule has 0 atom stereocenters. The first-order valence-electron chi connectivity index (χ1n) is 6.73. The van der Waals surface area contributed by atoms with Crippen LogP contribution in [0.3, 0.4) is 0 Å². The average Bonchev–Trinajstić information content (AvgIpc) is 3.02. The van der Waals surface area contributed by atoms with Gasteiger partial charge in [-0.05, 0) is 42.0 Å². The van der Waals surface area contributed by atoms with Gasteiger partial charge in [-0.2, -0.15) is 5.10 Å². The Labute approximate surface area is 132 Å². The van der Waals surface area contributed by atoms with E-state index in [9.17, 15) is 12.8 Å². The van der Waals surface area contributed by atoms with E-state index in [4.69, 9.17) is 0 Å². The quantitative estimate of drug-likeness (QED) is 0.777. The van der Waals surface area contributed by atoms with Gasteiger partial charge in [-0.1, -0.05) is 12.1 Å². The minimum absolute atomic E-state index is 0.00518. The Balaban J connectivity index is 1.73. The lowest BCUT2D eigenvalue weighted by atomic mass is 10.2. The molecular weight excluding hydrogens is 319 g/mol. The Morgan fingerprint density at radius 1 is 1.04 bits per heavy atom. The molecule has 0 aliphatic rings. The maximum absolute atomic E-state index is 12.9. The van der Waals surface area contributed by atoms with E-state index in [1.165, 1.54) is 18.5 Å². The zero-order valence-corrected chi connectivity index (χ0v) is 12.7. The molecule has 0 unspecified atom stereocenters. The van der Waals surface area contributed by atoms with Gasteiger partial charge in [0.1, 0.15) is 18.5 Å². The summed E-state index contributed by atoms with van der Waals surface area (Å²) in [6.07, 6.45) is 3.05. The molecule has 0 fully saturated rings. The van der Waals surface area contributed by atoms with E-state index < -0.39 is 15.8 Å². The fourth-order valence-corrected chi connectivity index (χ4v) is 3.07. The highest BCUT2D eigenvalue weighted by molar-refractivity contribution is 7.92. The molecule has 3 aromatic rings. The maximum Gasteiger partial charge on any atom is 0.261 e. The monoisotopic (exact) mass is 332 g/mol. The normalized spacial score (nSPS) is 11.3. The number of aromatic nitrogens is 3.